The lowest BCUT2D eigenvalue weighted by Gasteiger charge is -2.46. The third kappa shape index (κ3) is 9.33. The number of nitrogens with zero attached hydrogens (tertiary/aromatic N) is 3. The Hall–Kier alpha value is -2.46. The molecule has 6 nitrogen and oxygen atoms in total. The summed E-state index contributed by atoms with van der Waals surface area (Å²) in [6.07, 6.45) is 7.17. The predicted octanol–water partition coefficient (Wildman–Crippen LogP) is 9.73. The molecular weight excluding hydrogens is 603 g/mol. The number of allylic oxidation sites excluding steroid dienone is 3. The molecule has 0 N–H and O–H groups in total. The van der Waals surface area contributed by atoms with Gasteiger partial charge in [0.2, 0.25) is 0 Å². The van der Waals surface area contributed by atoms with Crippen LogP contribution in [0.1, 0.15) is 81.6 Å². The van der Waals surface area contributed by atoms with Gasteiger partial charge in [-0.3, -0.25) is 0 Å². The summed E-state index contributed by atoms with van der Waals surface area (Å²) in [5.41, 5.74) is 11.5. The van der Waals surface area contributed by atoms with Crippen LogP contribution >= 0.6 is 0 Å². The van der Waals surface area contributed by atoms with Gasteiger partial charge < -0.3 is 13.6 Å². The third-order valence-electron chi connectivity index (χ3n) is 10.2. The molecule has 0 unspecified atom stereocenters. The minimum Gasteiger partial charge on any atom is -0.411 e. The number of hydrogen-bond donors (Lipinski definition) is 0. The number of benzene rings is 2. The standard InChI is InChI=1S/C38H59N3O3Si2/c1-29(19-18-24-34-31(3)27-35(36(43-34)28-40-41-39)44-45(10,11)37(4,5)6)30(2)25-26-42-46(38(7,8)9,32-20-14-12-15-21-32)33-22-16-13-17-23-33/h12-17,19-23,25,31,34-36H,18,24,26-28H2,1-11H3/b29-19+,30-25+/t31-,34-,35-,36+/m0/s1. The van der Waals surface area contributed by atoms with E-state index in [4.69, 9.17) is 19.1 Å². The summed E-state index contributed by atoms with van der Waals surface area (Å²) in [5.74, 6) is 0.363. The Kier molecular flexibility index (Phi) is 13.3. The summed E-state index contributed by atoms with van der Waals surface area (Å²) >= 11 is 0. The van der Waals surface area contributed by atoms with Crippen molar-refractivity contribution in [2.24, 2.45) is 11.0 Å². The van der Waals surface area contributed by atoms with Gasteiger partial charge in [0.1, 0.15) is 0 Å². The Morgan fingerprint density at radius 1 is 0.891 bits per heavy atom. The topological polar surface area (TPSA) is 76.5 Å². The first-order valence-electron chi connectivity index (χ1n) is 17.0. The molecule has 0 aliphatic carbocycles. The molecule has 1 saturated heterocycles. The number of hydrogen-bond acceptors (Lipinski definition) is 4. The molecular formula is C38H59N3O3Si2. The predicted molar refractivity (Wildman–Crippen MR) is 199 cm³/mol. The summed E-state index contributed by atoms with van der Waals surface area (Å²) in [6, 6.07) is 21.6. The summed E-state index contributed by atoms with van der Waals surface area (Å²) in [6.45, 7) is 25.8. The molecule has 3 rings (SSSR count). The van der Waals surface area contributed by atoms with E-state index in [1.54, 1.807) is 0 Å². The second-order valence-corrected chi connectivity index (χ2v) is 24.6. The largest absolute Gasteiger partial charge is 0.411 e. The van der Waals surface area contributed by atoms with Gasteiger partial charge in [-0.1, -0.05) is 138 Å². The van der Waals surface area contributed by atoms with Gasteiger partial charge in [-0.2, -0.15) is 0 Å². The van der Waals surface area contributed by atoms with Gasteiger partial charge in [0.15, 0.2) is 8.32 Å². The van der Waals surface area contributed by atoms with Crippen LogP contribution < -0.4 is 10.4 Å². The molecule has 8 heteroatoms. The fourth-order valence-electron chi connectivity index (χ4n) is 6.26. The van der Waals surface area contributed by atoms with E-state index in [-0.39, 0.29) is 28.4 Å². The van der Waals surface area contributed by atoms with Crippen LogP contribution in [0.2, 0.25) is 23.2 Å². The number of azide groups is 1. The summed E-state index contributed by atoms with van der Waals surface area (Å²) < 4.78 is 20.5. The molecule has 2 aromatic rings. The molecule has 1 fully saturated rings. The number of rotatable bonds is 13. The summed E-state index contributed by atoms with van der Waals surface area (Å²) in [7, 11) is -4.56. The van der Waals surface area contributed by atoms with E-state index in [1.807, 2.05) is 0 Å². The van der Waals surface area contributed by atoms with Crippen LogP contribution in [0.5, 0.6) is 0 Å². The quantitative estimate of drug-likeness (QED) is 0.0705. The zero-order chi connectivity index (χ0) is 34.2. The highest BCUT2D eigenvalue weighted by Crippen LogP contribution is 2.41. The first-order valence-corrected chi connectivity index (χ1v) is 21.8. The van der Waals surface area contributed by atoms with Crippen LogP contribution in [0.15, 0.2) is 89.1 Å². The van der Waals surface area contributed by atoms with Crippen LogP contribution in [-0.2, 0) is 13.6 Å². The highest BCUT2D eigenvalue weighted by atomic mass is 28.4. The molecule has 0 spiro atoms. The molecule has 0 saturated carbocycles. The van der Waals surface area contributed by atoms with Crippen molar-refractivity contribution in [2.45, 2.75) is 123 Å². The lowest BCUT2D eigenvalue weighted by Crippen LogP contribution is -2.66. The highest BCUT2D eigenvalue weighted by Gasteiger charge is 2.50. The van der Waals surface area contributed by atoms with Gasteiger partial charge in [-0.05, 0) is 78.1 Å². The summed E-state index contributed by atoms with van der Waals surface area (Å²) in [4.78, 5) is 3.02. The minimum absolute atomic E-state index is 0.0457. The van der Waals surface area contributed by atoms with E-state index in [2.05, 4.69) is 158 Å². The molecule has 0 amide bonds. The molecule has 2 aromatic carbocycles. The van der Waals surface area contributed by atoms with E-state index >= 15 is 0 Å². The van der Waals surface area contributed by atoms with Gasteiger partial charge in [0.05, 0.1) is 31.5 Å². The van der Waals surface area contributed by atoms with Crippen LogP contribution in [0.25, 0.3) is 10.4 Å². The van der Waals surface area contributed by atoms with Crippen molar-refractivity contribution >= 4 is 27.0 Å². The van der Waals surface area contributed by atoms with Crippen LogP contribution in [0.3, 0.4) is 0 Å². The van der Waals surface area contributed by atoms with E-state index in [0.29, 0.717) is 19.1 Å². The normalized spacial score (nSPS) is 22.0. The Balaban J connectivity index is 1.70. The fraction of sp³-hybridized carbons (Fsp3) is 0.579. The highest BCUT2D eigenvalue weighted by molar-refractivity contribution is 6.99. The van der Waals surface area contributed by atoms with Crippen molar-refractivity contribution in [1.82, 2.24) is 0 Å². The van der Waals surface area contributed by atoms with Crippen LogP contribution in [-0.4, -0.2) is 48.1 Å². The first kappa shape index (κ1) is 38.0. The van der Waals surface area contributed by atoms with Crippen molar-refractivity contribution in [3.8, 4) is 0 Å². The molecule has 0 bridgehead atoms. The minimum atomic E-state index is -2.57. The second-order valence-electron chi connectivity index (χ2n) is 15.6. The van der Waals surface area contributed by atoms with Gasteiger partial charge in [0, 0.05) is 4.91 Å². The number of ether oxygens (including phenoxy) is 1. The second kappa shape index (κ2) is 16.1. The Morgan fingerprint density at radius 3 is 1.93 bits per heavy atom. The lowest BCUT2D eigenvalue weighted by molar-refractivity contribution is -0.133. The molecule has 252 valence electrons. The summed E-state index contributed by atoms with van der Waals surface area (Å²) in [5, 5.41) is 6.54. The van der Waals surface area contributed by atoms with E-state index < -0.39 is 16.6 Å². The Labute approximate surface area is 281 Å². The van der Waals surface area contributed by atoms with Crippen molar-refractivity contribution in [1.29, 1.82) is 0 Å². The van der Waals surface area contributed by atoms with E-state index in [1.165, 1.54) is 21.5 Å². The zero-order valence-corrected chi connectivity index (χ0v) is 32.3. The molecule has 0 radical (unpaired) electrons. The maximum Gasteiger partial charge on any atom is 0.261 e. The van der Waals surface area contributed by atoms with Crippen molar-refractivity contribution < 1.29 is 13.6 Å². The average molecular weight is 662 g/mol. The van der Waals surface area contributed by atoms with E-state index in [9.17, 15) is 0 Å². The maximum absolute atomic E-state index is 9.03. The van der Waals surface area contributed by atoms with Crippen LogP contribution in [0.4, 0.5) is 0 Å². The monoisotopic (exact) mass is 661 g/mol. The molecule has 1 heterocycles. The molecule has 1 aliphatic heterocycles. The Morgan fingerprint density at radius 2 is 1.43 bits per heavy atom. The van der Waals surface area contributed by atoms with Gasteiger partial charge in [-0.15, -0.1) is 0 Å². The zero-order valence-electron chi connectivity index (χ0n) is 30.3. The van der Waals surface area contributed by atoms with Crippen molar-refractivity contribution in [3.05, 3.63) is 94.4 Å². The molecule has 4 atom stereocenters. The Bertz CT molecular complexity index is 1320. The molecule has 1 aliphatic rings. The van der Waals surface area contributed by atoms with Gasteiger partial charge in [-0.25, -0.2) is 0 Å². The van der Waals surface area contributed by atoms with Gasteiger partial charge >= 0.3 is 0 Å². The lowest BCUT2D eigenvalue weighted by atomic mass is 9.88. The van der Waals surface area contributed by atoms with Gasteiger partial charge in [0.25, 0.3) is 8.32 Å². The van der Waals surface area contributed by atoms with Crippen molar-refractivity contribution in [3.63, 3.8) is 0 Å². The maximum atomic E-state index is 9.03. The molecule has 0 aromatic heterocycles. The smallest absolute Gasteiger partial charge is 0.261 e. The average Bonchev–Trinajstić information content (AvgIpc) is 2.99. The van der Waals surface area contributed by atoms with Crippen LogP contribution in [0, 0.1) is 5.92 Å². The van der Waals surface area contributed by atoms with E-state index in [0.717, 1.165) is 19.3 Å². The first-order chi connectivity index (χ1) is 21.5. The third-order valence-corrected chi connectivity index (χ3v) is 19.7. The molecule has 46 heavy (non-hydrogen) atoms. The SMILES string of the molecule is CC(=C\CC[C@@H]1O[C@H](CN=[N+]=[N-])[C@@H](O[Si](C)(C)C(C)(C)C)C[C@@H]1C)/C(C)=C/CO[Si](c1ccccc1)(c1ccccc1)C(C)(C)C. The van der Waals surface area contributed by atoms with Crippen molar-refractivity contribution in [2.75, 3.05) is 13.2 Å². The fourth-order valence-corrected chi connectivity index (χ4v) is 12.1.